The lowest BCUT2D eigenvalue weighted by Gasteiger charge is -2.50. The van der Waals surface area contributed by atoms with E-state index in [2.05, 4.69) is 23.6 Å². The lowest BCUT2D eigenvalue weighted by Crippen LogP contribution is -2.61. The van der Waals surface area contributed by atoms with E-state index >= 15 is 0 Å². The maximum Gasteiger partial charge on any atom is 0.143 e. The second-order valence-corrected chi connectivity index (χ2v) is 7.11. The standard InChI is InChI=1S/C17H24ClFN2/c1-12(2)17-11-20-8-4-3-5-14(20)10-21(17)13-6-7-15(18)16(19)9-13/h6-7,9,12,14,17H,3-5,8,10-11H2,1-2H3. The molecule has 2 aliphatic rings. The van der Waals surface area contributed by atoms with Gasteiger partial charge in [-0.25, -0.2) is 4.39 Å². The van der Waals surface area contributed by atoms with Gasteiger partial charge in [-0.3, -0.25) is 4.90 Å². The molecule has 2 nitrogen and oxygen atoms in total. The summed E-state index contributed by atoms with van der Waals surface area (Å²) in [5, 5.41) is 0.205. The summed E-state index contributed by atoms with van der Waals surface area (Å²) in [5.41, 5.74) is 0.973. The van der Waals surface area contributed by atoms with Crippen LogP contribution >= 0.6 is 11.6 Å². The van der Waals surface area contributed by atoms with Gasteiger partial charge in [-0.05, 0) is 43.5 Å². The largest absolute Gasteiger partial charge is 0.365 e. The van der Waals surface area contributed by atoms with Gasteiger partial charge in [-0.15, -0.1) is 0 Å². The van der Waals surface area contributed by atoms with Crippen LogP contribution in [0.5, 0.6) is 0 Å². The molecule has 0 saturated carbocycles. The van der Waals surface area contributed by atoms with Crippen molar-refractivity contribution in [2.24, 2.45) is 5.92 Å². The Bertz CT molecular complexity index is 506. The molecule has 1 aromatic rings. The van der Waals surface area contributed by atoms with E-state index < -0.39 is 0 Å². The van der Waals surface area contributed by atoms with E-state index in [1.54, 1.807) is 12.1 Å². The number of piperidine rings is 1. The summed E-state index contributed by atoms with van der Waals surface area (Å²) in [7, 11) is 0. The molecule has 3 rings (SSSR count). The summed E-state index contributed by atoms with van der Waals surface area (Å²) < 4.78 is 13.8. The van der Waals surface area contributed by atoms with Gasteiger partial charge in [-0.2, -0.15) is 0 Å². The number of nitrogens with zero attached hydrogens (tertiary/aromatic N) is 2. The van der Waals surface area contributed by atoms with Crippen LogP contribution in [-0.2, 0) is 0 Å². The summed E-state index contributed by atoms with van der Waals surface area (Å²) in [4.78, 5) is 5.04. The van der Waals surface area contributed by atoms with Crippen molar-refractivity contribution in [2.75, 3.05) is 24.5 Å². The summed E-state index contributed by atoms with van der Waals surface area (Å²) in [6.07, 6.45) is 3.89. The van der Waals surface area contributed by atoms with Gasteiger partial charge in [0.25, 0.3) is 0 Å². The highest BCUT2D eigenvalue weighted by Gasteiger charge is 2.36. The molecule has 0 N–H and O–H groups in total. The van der Waals surface area contributed by atoms with E-state index in [0.717, 1.165) is 18.8 Å². The minimum Gasteiger partial charge on any atom is -0.365 e. The molecule has 2 atom stereocenters. The topological polar surface area (TPSA) is 6.48 Å². The molecule has 4 heteroatoms. The second kappa shape index (κ2) is 6.13. The molecular formula is C17H24ClFN2. The Labute approximate surface area is 131 Å². The number of hydrogen-bond acceptors (Lipinski definition) is 2. The van der Waals surface area contributed by atoms with E-state index in [1.165, 1.54) is 25.8 Å². The van der Waals surface area contributed by atoms with Crippen molar-refractivity contribution >= 4 is 17.3 Å². The van der Waals surface area contributed by atoms with Crippen molar-refractivity contribution in [3.05, 3.63) is 29.0 Å². The molecule has 0 aliphatic carbocycles. The van der Waals surface area contributed by atoms with Gasteiger partial charge in [0.05, 0.1) is 5.02 Å². The van der Waals surface area contributed by atoms with Crippen LogP contribution in [-0.4, -0.2) is 36.6 Å². The third-order valence-corrected chi connectivity index (χ3v) is 5.29. The summed E-state index contributed by atoms with van der Waals surface area (Å²) in [6, 6.07) is 6.29. The van der Waals surface area contributed by atoms with Crippen LogP contribution in [0.15, 0.2) is 18.2 Å². The first-order valence-corrected chi connectivity index (χ1v) is 8.40. The molecular weight excluding hydrogens is 287 g/mol. The zero-order chi connectivity index (χ0) is 15.0. The molecule has 1 aromatic carbocycles. The molecule has 2 heterocycles. The maximum absolute atomic E-state index is 13.8. The molecule has 2 saturated heterocycles. The van der Waals surface area contributed by atoms with Crippen LogP contribution in [0.1, 0.15) is 33.1 Å². The fourth-order valence-corrected chi connectivity index (χ4v) is 3.86. The predicted octanol–water partition coefficient (Wildman–Crippen LogP) is 4.18. The summed E-state index contributed by atoms with van der Waals surface area (Å²) in [6.45, 7) is 7.83. The monoisotopic (exact) mass is 310 g/mol. The SMILES string of the molecule is CC(C)C1CN2CCCCC2CN1c1ccc(Cl)c(F)c1. The number of rotatable bonds is 2. The van der Waals surface area contributed by atoms with Crippen LogP contribution < -0.4 is 4.90 Å². The van der Waals surface area contributed by atoms with E-state index in [4.69, 9.17) is 11.6 Å². The average Bonchev–Trinajstić information content (AvgIpc) is 2.48. The number of fused-ring (bicyclic) bond motifs is 1. The Balaban J connectivity index is 1.88. The van der Waals surface area contributed by atoms with Crippen molar-refractivity contribution in [2.45, 2.75) is 45.2 Å². The lowest BCUT2D eigenvalue weighted by molar-refractivity contribution is 0.100. The van der Waals surface area contributed by atoms with Crippen molar-refractivity contribution in [3.8, 4) is 0 Å². The van der Waals surface area contributed by atoms with Crippen molar-refractivity contribution in [3.63, 3.8) is 0 Å². The first-order chi connectivity index (χ1) is 10.1. The number of piperazine rings is 1. The van der Waals surface area contributed by atoms with Crippen molar-refractivity contribution in [1.29, 1.82) is 0 Å². The van der Waals surface area contributed by atoms with Gasteiger partial charge in [-0.1, -0.05) is 31.9 Å². The number of benzene rings is 1. The predicted molar refractivity (Wildman–Crippen MR) is 86.6 cm³/mol. The van der Waals surface area contributed by atoms with Gasteiger partial charge in [0.1, 0.15) is 5.82 Å². The molecule has 0 radical (unpaired) electrons. The fraction of sp³-hybridized carbons (Fsp3) is 0.647. The van der Waals surface area contributed by atoms with Gasteiger partial charge < -0.3 is 4.90 Å². The minimum atomic E-state index is -0.317. The zero-order valence-corrected chi connectivity index (χ0v) is 13.6. The summed E-state index contributed by atoms with van der Waals surface area (Å²) in [5.74, 6) is 0.231. The van der Waals surface area contributed by atoms with Gasteiger partial charge in [0.2, 0.25) is 0 Å². The molecule has 2 fully saturated rings. The highest BCUT2D eigenvalue weighted by molar-refractivity contribution is 6.30. The van der Waals surface area contributed by atoms with Crippen LogP contribution in [0, 0.1) is 11.7 Å². The van der Waals surface area contributed by atoms with Crippen LogP contribution in [0.25, 0.3) is 0 Å². The first-order valence-electron chi connectivity index (χ1n) is 8.02. The quantitative estimate of drug-likeness (QED) is 0.808. The Kier molecular flexibility index (Phi) is 4.41. The molecule has 21 heavy (non-hydrogen) atoms. The minimum absolute atomic E-state index is 0.205. The molecule has 0 spiro atoms. The highest BCUT2D eigenvalue weighted by atomic mass is 35.5. The van der Waals surface area contributed by atoms with E-state index in [9.17, 15) is 4.39 Å². The van der Waals surface area contributed by atoms with Crippen molar-refractivity contribution < 1.29 is 4.39 Å². The Morgan fingerprint density at radius 2 is 2.05 bits per heavy atom. The van der Waals surface area contributed by atoms with E-state index in [1.807, 2.05) is 6.07 Å². The third-order valence-electron chi connectivity index (χ3n) is 4.98. The van der Waals surface area contributed by atoms with Crippen molar-refractivity contribution in [1.82, 2.24) is 4.90 Å². The zero-order valence-electron chi connectivity index (χ0n) is 12.9. The number of anilines is 1. The second-order valence-electron chi connectivity index (χ2n) is 6.71. The van der Waals surface area contributed by atoms with Gasteiger partial charge >= 0.3 is 0 Å². The fourth-order valence-electron chi connectivity index (χ4n) is 3.74. The average molecular weight is 311 g/mol. The van der Waals surface area contributed by atoms with E-state index in [-0.39, 0.29) is 10.8 Å². The van der Waals surface area contributed by atoms with Crippen LogP contribution in [0.2, 0.25) is 5.02 Å². The Morgan fingerprint density at radius 3 is 2.76 bits per heavy atom. The maximum atomic E-state index is 13.8. The molecule has 116 valence electrons. The molecule has 0 bridgehead atoms. The first kappa shape index (κ1) is 15.1. The molecule has 0 aromatic heterocycles. The summed E-state index contributed by atoms with van der Waals surface area (Å²) >= 11 is 5.83. The Morgan fingerprint density at radius 1 is 1.24 bits per heavy atom. The van der Waals surface area contributed by atoms with Gasteiger partial charge in [0.15, 0.2) is 0 Å². The molecule has 2 unspecified atom stereocenters. The third kappa shape index (κ3) is 3.04. The number of halogens is 2. The smallest absolute Gasteiger partial charge is 0.143 e. The van der Waals surface area contributed by atoms with Crippen LogP contribution in [0.4, 0.5) is 10.1 Å². The van der Waals surface area contributed by atoms with Crippen LogP contribution in [0.3, 0.4) is 0 Å². The lowest BCUT2D eigenvalue weighted by atomic mass is 9.91. The normalized spacial score (nSPS) is 27.0. The molecule has 0 amide bonds. The highest BCUT2D eigenvalue weighted by Crippen LogP contribution is 2.32. The molecule has 2 aliphatic heterocycles. The Hall–Kier alpha value is -0.800. The number of hydrogen-bond donors (Lipinski definition) is 0. The van der Waals surface area contributed by atoms with E-state index in [0.29, 0.717) is 18.0 Å². The van der Waals surface area contributed by atoms with Gasteiger partial charge in [0, 0.05) is 30.9 Å².